The first-order valence-corrected chi connectivity index (χ1v) is 10.3. The van der Waals surface area contributed by atoms with E-state index in [0.717, 1.165) is 38.9 Å². The van der Waals surface area contributed by atoms with Crippen molar-refractivity contribution >= 4 is 33.2 Å². The van der Waals surface area contributed by atoms with Crippen molar-refractivity contribution in [1.29, 1.82) is 0 Å². The molecular formula is C16H24Cl2N2O2S. The Morgan fingerprint density at radius 2 is 1.78 bits per heavy atom. The van der Waals surface area contributed by atoms with Crippen LogP contribution in [0.1, 0.15) is 33.1 Å². The normalized spacial score (nSPS) is 15.6. The summed E-state index contributed by atoms with van der Waals surface area (Å²) in [6.07, 6.45) is 2.65. The molecule has 0 N–H and O–H groups in total. The summed E-state index contributed by atoms with van der Waals surface area (Å²) in [4.78, 5) is 2.41. The van der Waals surface area contributed by atoms with E-state index in [1.165, 1.54) is 6.07 Å². The topological polar surface area (TPSA) is 40.6 Å². The predicted molar refractivity (Wildman–Crippen MR) is 95.8 cm³/mol. The Hall–Kier alpha value is -0.330. The number of sulfonamides is 1. The Bertz CT molecular complexity index is 629. The van der Waals surface area contributed by atoms with Gasteiger partial charge < -0.3 is 4.90 Å². The van der Waals surface area contributed by atoms with Crippen molar-refractivity contribution in [1.82, 2.24) is 9.21 Å². The maximum Gasteiger partial charge on any atom is 0.244 e. The van der Waals surface area contributed by atoms with Crippen molar-refractivity contribution in [2.75, 3.05) is 26.2 Å². The van der Waals surface area contributed by atoms with Crippen LogP contribution in [0.2, 0.25) is 10.0 Å². The molecule has 2 rings (SSSR count). The molecule has 0 aliphatic heterocycles. The molecule has 0 radical (unpaired) electrons. The Labute approximate surface area is 149 Å². The highest BCUT2D eigenvalue weighted by atomic mass is 35.5. The second-order valence-corrected chi connectivity index (χ2v) is 8.42. The largest absolute Gasteiger partial charge is 0.304 e. The zero-order chi connectivity index (χ0) is 17.0. The molecule has 0 atom stereocenters. The Balaban J connectivity index is 2.15. The summed E-state index contributed by atoms with van der Waals surface area (Å²) in [5, 5.41) is 0.384. The van der Waals surface area contributed by atoms with Gasteiger partial charge in [0.25, 0.3) is 0 Å². The van der Waals surface area contributed by atoms with E-state index in [1.807, 2.05) is 0 Å². The van der Waals surface area contributed by atoms with Crippen LogP contribution >= 0.6 is 23.2 Å². The molecule has 0 amide bonds. The molecule has 1 fully saturated rings. The minimum absolute atomic E-state index is 0.103. The standard InChI is InChI=1S/C16H24Cl2N2O2S/c1-3-19(4-2)11-6-12-20(13-9-10-13)23(21,22)15-8-5-7-14(17)16(15)18/h5,7-8,13H,3-4,6,9-12H2,1-2H3. The van der Waals surface area contributed by atoms with Crippen molar-refractivity contribution in [3.05, 3.63) is 28.2 Å². The first-order chi connectivity index (χ1) is 10.9. The van der Waals surface area contributed by atoms with E-state index < -0.39 is 10.0 Å². The van der Waals surface area contributed by atoms with Gasteiger partial charge in [0, 0.05) is 12.6 Å². The van der Waals surface area contributed by atoms with Gasteiger partial charge in [-0.1, -0.05) is 43.1 Å². The van der Waals surface area contributed by atoms with Gasteiger partial charge in [-0.15, -0.1) is 0 Å². The molecule has 1 aliphatic carbocycles. The van der Waals surface area contributed by atoms with E-state index in [4.69, 9.17) is 23.2 Å². The lowest BCUT2D eigenvalue weighted by molar-refractivity contribution is 0.282. The molecule has 130 valence electrons. The molecule has 0 heterocycles. The fourth-order valence-electron chi connectivity index (χ4n) is 2.66. The third kappa shape index (κ3) is 4.60. The van der Waals surface area contributed by atoms with Crippen LogP contribution in [0.4, 0.5) is 0 Å². The number of halogens is 2. The maximum absolute atomic E-state index is 13.0. The third-order valence-electron chi connectivity index (χ3n) is 4.20. The lowest BCUT2D eigenvalue weighted by Gasteiger charge is -2.24. The number of nitrogens with zero attached hydrogens (tertiary/aromatic N) is 2. The van der Waals surface area contributed by atoms with Gasteiger partial charge in [-0.25, -0.2) is 8.42 Å². The first-order valence-electron chi connectivity index (χ1n) is 8.10. The number of rotatable bonds is 9. The molecule has 0 aromatic heterocycles. The van der Waals surface area contributed by atoms with Crippen molar-refractivity contribution in [2.24, 2.45) is 0 Å². The highest BCUT2D eigenvalue weighted by Crippen LogP contribution is 2.36. The Morgan fingerprint density at radius 3 is 2.35 bits per heavy atom. The second-order valence-electron chi connectivity index (χ2n) is 5.78. The van der Waals surface area contributed by atoms with E-state index in [-0.39, 0.29) is 21.0 Å². The monoisotopic (exact) mass is 378 g/mol. The van der Waals surface area contributed by atoms with Crippen LogP contribution in [0.25, 0.3) is 0 Å². The van der Waals surface area contributed by atoms with Crippen LogP contribution in [0.5, 0.6) is 0 Å². The van der Waals surface area contributed by atoms with Gasteiger partial charge in [0.15, 0.2) is 0 Å². The van der Waals surface area contributed by atoms with Crippen LogP contribution in [-0.2, 0) is 10.0 Å². The minimum atomic E-state index is -3.60. The van der Waals surface area contributed by atoms with Gasteiger partial charge in [-0.3, -0.25) is 0 Å². The molecule has 4 nitrogen and oxygen atoms in total. The maximum atomic E-state index is 13.0. The zero-order valence-electron chi connectivity index (χ0n) is 13.6. The lowest BCUT2D eigenvalue weighted by atomic mass is 10.3. The van der Waals surface area contributed by atoms with Crippen molar-refractivity contribution in [2.45, 2.75) is 44.0 Å². The number of benzene rings is 1. The molecular weight excluding hydrogens is 355 g/mol. The van der Waals surface area contributed by atoms with Crippen LogP contribution < -0.4 is 0 Å². The highest BCUT2D eigenvalue weighted by molar-refractivity contribution is 7.89. The predicted octanol–water partition coefficient (Wildman–Crippen LogP) is 3.88. The summed E-state index contributed by atoms with van der Waals surface area (Å²) in [5.41, 5.74) is 0. The van der Waals surface area contributed by atoms with Crippen LogP contribution in [0.3, 0.4) is 0 Å². The van der Waals surface area contributed by atoms with E-state index in [0.29, 0.717) is 6.54 Å². The fourth-order valence-corrected chi connectivity index (χ4v) is 5.12. The smallest absolute Gasteiger partial charge is 0.244 e. The van der Waals surface area contributed by atoms with E-state index in [2.05, 4.69) is 18.7 Å². The van der Waals surface area contributed by atoms with Crippen molar-refractivity contribution in [3.63, 3.8) is 0 Å². The third-order valence-corrected chi connectivity index (χ3v) is 7.13. The summed E-state index contributed by atoms with van der Waals surface area (Å²) >= 11 is 12.1. The van der Waals surface area contributed by atoms with Gasteiger partial charge in [-0.2, -0.15) is 4.31 Å². The number of hydrogen-bond donors (Lipinski definition) is 0. The average Bonchev–Trinajstić information content (AvgIpc) is 3.34. The Morgan fingerprint density at radius 1 is 1.13 bits per heavy atom. The summed E-state index contributed by atoms with van der Waals surface area (Å²) in [6, 6.07) is 4.86. The fraction of sp³-hybridized carbons (Fsp3) is 0.625. The number of hydrogen-bond acceptors (Lipinski definition) is 3. The molecule has 0 spiro atoms. The van der Waals surface area contributed by atoms with Crippen molar-refractivity contribution < 1.29 is 8.42 Å². The van der Waals surface area contributed by atoms with Crippen LogP contribution in [-0.4, -0.2) is 49.8 Å². The molecule has 0 unspecified atom stereocenters. The van der Waals surface area contributed by atoms with Gasteiger partial charge in [-0.05, 0) is 51.0 Å². The van der Waals surface area contributed by atoms with Crippen LogP contribution in [0.15, 0.2) is 23.1 Å². The molecule has 23 heavy (non-hydrogen) atoms. The van der Waals surface area contributed by atoms with E-state index in [1.54, 1.807) is 16.4 Å². The molecule has 1 aromatic rings. The molecule has 1 aromatic carbocycles. The summed E-state index contributed by atoms with van der Waals surface area (Å²) in [6.45, 7) is 7.61. The van der Waals surface area contributed by atoms with Gasteiger partial charge >= 0.3 is 0 Å². The van der Waals surface area contributed by atoms with Crippen molar-refractivity contribution in [3.8, 4) is 0 Å². The second kappa shape index (κ2) is 8.17. The highest BCUT2D eigenvalue weighted by Gasteiger charge is 2.38. The molecule has 7 heteroatoms. The summed E-state index contributed by atoms with van der Waals surface area (Å²) < 4.78 is 27.5. The van der Waals surface area contributed by atoms with Gasteiger partial charge in [0.1, 0.15) is 4.90 Å². The quantitative estimate of drug-likeness (QED) is 0.654. The first kappa shape index (κ1) is 19.0. The van der Waals surface area contributed by atoms with Gasteiger partial charge in [0.2, 0.25) is 10.0 Å². The van der Waals surface area contributed by atoms with E-state index >= 15 is 0 Å². The summed E-state index contributed by atoms with van der Waals surface area (Å²) in [7, 11) is -3.60. The SMILES string of the molecule is CCN(CC)CCCN(C1CC1)S(=O)(=O)c1cccc(Cl)c1Cl. The van der Waals surface area contributed by atoms with Crippen LogP contribution in [0, 0.1) is 0 Å². The summed E-state index contributed by atoms with van der Waals surface area (Å²) in [5.74, 6) is 0. The van der Waals surface area contributed by atoms with Gasteiger partial charge in [0.05, 0.1) is 10.0 Å². The molecule has 1 aliphatic rings. The zero-order valence-corrected chi connectivity index (χ0v) is 16.0. The van der Waals surface area contributed by atoms with E-state index in [9.17, 15) is 8.42 Å². The lowest BCUT2D eigenvalue weighted by Crippen LogP contribution is -2.36. The molecule has 0 bridgehead atoms. The minimum Gasteiger partial charge on any atom is -0.304 e. The Kier molecular flexibility index (Phi) is 6.75. The molecule has 0 saturated heterocycles. The molecule has 1 saturated carbocycles. The average molecular weight is 379 g/mol.